The van der Waals surface area contributed by atoms with Crippen LogP contribution in [-0.2, 0) is 0 Å². The number of allylic oxidation sites excluding steroid dienone is 1. The minimum Gasteiger partial charge on any atom is -0.220 e. The maximum atomic E-state index is 3.77. The zero-order valence-electron chi connectivity index (χ0n) is 8.49. The molecule has 0 aliphatic heterocycles. The fourth-order valence-electron chi connectivity index (χ4n) is 1.28. The summed E-state index contributed by atoms with van der Waals surface area (Å²) in [4.78, 5) is 1.50. The minimum atomic E-state index is -0.594. The van der Waals surface area contributed by atoms with Gasteiger partial charge < -0.3 is 0 Å². The fraction of sp³-hybridized carbons (Fsp3) is 0.333. The second-order valence-electron chi connectivity index (χ2n) is 3.63. The lowest BCUT2D eigenvalue weighted by Gasteiger charge is -2.31. The molecule has 0 N–H and O–H groups in total. The number of rotatable bonds is 4. The molecule has 0 aliphatic carbocycles. The quantitative estimate of drug-likeness (QED) is 0.641. The third kappa shape index (κ3) is 2.92. The molecule has 0 fully saturated rings. The van der Waals surface area contributed by atoms with Gasteiger partial charge in [0.25, 0.3) is 0 Å². The van der Waals surface area contributed by atoms with Crippen LogP contribution in [0.2, 0.25) is 0 Å². The predicted octanol–water partition coefficient (Wildman–Crippen LogP) is 3.69. The Balaban J connectivity index is 2.74. The number of hydrogen-bond donors (Lipinski definition) is 0. The van der Waals surface area contributed by atoms with Crippen LogP contribution in [0, 0.1) is 0 Å². The van der Waals surface area contributed by atoms with Crippen LogP contribution >= 0.6 is 10.0 Å². The zero-order valence-corrected chi connectivity index (χ0v) is 9.31. The largest absolute Gasteiger partial charge is 0.220 e. The van der Waals surface area contributed by atoms with E-state index < -0.39 is 10.0 Å². The number of benzene rings is 1. The van der Waals surface area contributed by atoms with E-state index in [-0.39, 0.29) is 0 Å². The highest BCUT2D eigenvalue weighted by atomic mass is 32.3. The van der Waals surface area contributed by atoms with E-state index in [0.717, 1.165) is 6.42 Å². The van der Waals surface area contributed by atoms with Crippen molar-refractivity contribution in [2.75, 3.05) is 18.3 Å². The third-order valence-corrected chi connectivity index (χ3v) is 5.02. The summed E-state index contributed by atoms with van der Waals surface area (Å²) < 4.78 is 0. The molecule has 1 rings (SSSR count). The standard InChI is InChI=1S/C12H18S/c1-4-5-11-13(2,3)12-9-7-6-8-10-12/h4,6-10H,1,5,11H2,2-3H3. The van der Waals surface area contributed by atoms with E-state index in [1.807, 2.05) is 6.08 Å². The van der Waals surface area contributed by atoms with Crippen LogP contribution in [0.25, 0.3) is 0 Å². The van der Waals surface area contributed by atoms with Gasteiger partial charge in [-0.1, -0.05) is 36.4 Å². The highest BCUT2D eigenvalue weighted by Gasteiger charge is 2.12. The van der Waals surface area contributed by atoms with Crippen molar-refractivity contribution < 1.29 is 0 Å². The molecule has 72 valence electrons. The maximum absolute atomic E-state index is 3.77. The summed E-state index contributed by atoms with van der Waals surface area (Å²) in [5.74, 6) is 1.25. The number of hydrogen-bond acceptors (Lipinski definition) is 0. The summed E-state index contributed by atoms with van der Waals surface area (Å²) in [5.41, 5.74) is 0. The van der Waals surface area contributed by atoms with Gasteiger partial charge in [0.1, 0.15) is 0 Å². The van der Waals surface area contributed by atoms with Gasteiger partial charge >= 0.3 is 0 Å². The van der Waals surface area contributed by atoms with Crippen molar-refractivity contribution >= 4 is 10.0 Å². The lowest BCUT2D eigenvalue weighted by atomic mass is 10.4. The van der Waals surface area contributed by atoms with Gasteiger partial charge in [-0.05, 0) is 29.6 Å². The van der Waals surface area contributed by atoms with Crippen LogP contribution < -0.4 is 0 Å². The first kappa shape index (κ1) is 10.4. The molecule has 13 heavy (non-hydrogen) atoms. The molecule has 0 saturated carbocycles. The van der Waals surface area contributed by atoms with Crippen LogP contribution in [0.15, 0.2) is 47.9 Å². The van der Waals surface area contributed by atoms with Gasteiger partial charge in [-0.3, -0.25) is 0 Å². The lowest BCUT2D eigenvalue weighted by molar-refractivity contribution is 1.22. The van der Waals surface area contributed by atoms with E-state index in [0.29, 0.717) is 0 Å². The molecule has 0 radical (unpaired) electrons. The molecule has 0 atom stereocenters. The van der Waals surface area contributed by atoms with E-state index in [9.17, 15) is 0 Å². The Labute approximate surface area is 83.0 Å². The van der Waals surface area contributed by atoms with Crippen molar-refractivity contribution in [2.45, 2.75) is 11.3 Å². The van der Waals surface area contributed by atoms with Gasteiger partial charge in [0.05, 0.1) is 0 Å². The molecule has 0 heterocycles. The second kappa shape index (κ2) is 4.52. The van der Waals surface area contributed by atoms with E-state index in [2.05, 4.69) is 49.4 Å². The van der Waals surface area contributed by atoms with Crippen molar-refractivity contribution in [3.05, 3.63) is 43.0 Å². The van der Waals surface area contributed by atoms with Crippen LogP contribution in [-0.4, -0.2) is 18.3 Å². The topological polar surface area (TPSA) is 0 Å². The highest BCUT2D eigenvalue weighted by Crippen LogP contribution is 2.49. The smallest absolute Gasteiger partial charge is 0.0104 e. The Morgan fingerprint density at radius 2 is 1.85 bits per heavy atom. The Kier molecular flexibility index (Phi) is 3.61. The Hall–Kier alpha value is -0.690. The molecule has 1 aromatic rings. The van der Waals surface area contributed by atoms with Crippen molar-refractivity contribution in [3.8, 4) is 0 Å². The Morgan fingerprint density at radius 1 is 1.23 bits per heavy atom. The summed E-state index contributed by atoms with van der Waals surface area (Å²) in [6, 6.07) is 10.8. The molecule has 0 aliphatic rings. The maximum Gasteiger partial charge on any atom is -0.0104 e. The van der Waals surface area contributed by atoms with Gasteiger partial charge in [-0.2, -0.15) is 0 Å². The summed E-state index contributed by atoms with van der Waals surface area (Å²) in [5, 5.41) is 0. The van der Waals surface area contributed by atoms with Crippen LogP contribution in [0.3, 0.4) is 0 Å². The van der Waals surface area contributed by atoms with Gasteiger partial charge in [0.15, 0.2) is 0 Å². The van der Waals surface area contributed by atoms with Gasteiger partial charge in [0, 0.05) is 0 Å². The molecule has 1 heteroatoms. The minimum absolute atomic E-state index is 0.594. The molecule has 0 aromatic heterocycles. The SMILES string of the molecule is C=CCCS(C)(C)c1ccccc1. The molecule has 0 spiro atoms. The fourth-order valence-corrected chi connectivity index (χ4v) is 3.17. The molecule has 0 unspecified atom stereocenters. The average Bonchev–Trinajstić information content (AvgIpc) is 2.16. The lowest BCUT2D eigenvalue weighted by Crippen LogP contribution is -2.00. The van der Waals surface area contributed by atoms with Crippen LogP contribution in [0.4, 0.5) is 0 Å². The Bertz CT molecular complexity index is 262. The normalized spacial score (nSPS) is 12.5. The van der Waals surface area contributed by atoms with E-state index in [4.69, 9.17) is 0 Å². The van der Waals surface area contributed by atoms with E-state index >= 15 is 0 Å². The van der Waals surface area contributed by atoms with Crippen molar-refractivity contribution in [2.24, 2.45) is 0 Å². The first-order valence-corrected chi connectivity index (χ1v) is 7.16. The first-order valence-electron chi connectivity index (χ1n) is 4.54. The molecule has 0 nitrogen and oxygen atoms in total. The molecule has 1 aromatic carbocycles. The molecule has 0 amide bonds. The zero-order chi connectivity index (χ0) is 9.73. The van der Waals surface area contributed by atoms with Gasteiger partial charge in [-0.25, -0.2) is 10.0 Å². The summed E-state index contributed by atoms with van der Waals surface area (Å²) in [7, 11) is -0.594. The third-order valence-electron chi connectivity index (χ3n) is 2.21. The summed E-state index contributed by atoms with van der Waals surface area (Å²) >= 11 is 0. The average molecular weight is 194 g/mol. The Morgan fingerprint density at radius 3 is 2.38 bits per heavy atom. The van der Waals surface area contributed by atoms with Gasteiger partial charge in [-0.15, -0.1) is 6.58 Å². The van der Waals surface area contributed by atoms with Crippen molar-refractivity contribution in [1.82, 2.24) is 0 Å². The monoisotopic (exact) mass is 194 g/mol. The molecular weight excluding hydrogens is 176 g/mol. The van der Waals surface area contributed by atoms with E-state index in [1.54, 1.807) is 0 Å². The predicted molar refractivity (Wildman–Crippen MR) is 63.8 cm³/mol. The summed E-state index contributed by atoms with van der Waals surface area (Å²) in [6.45, 7) is 3.77. The highest BCUT2D eigenvalue weighted by molar-refractivity contribution is 8.32. The van der Waals surface area contributed by atoms with Crippen LogP contribution in [0.5, 0.6) is 0 Å². The molecule has 0 bridgehead atoms. The second-order valence-corrected chi connectivity index (χ2v) is 7.59. The van der Waals surface area contributed by atoms with Gasteiger partial charge in [0.2, 0.25) is 0 Å². The first-order chi connectivity index (χ1) is 6.17. The van der Waals surface area contributed by atoms with E-state index in [1.165, 1.54) is 10.6 Å². The van der Waals surface area contributed by atoms with Crippen molar-refractivity contribution in [1.29, 1.82) is 0 Å². The summed E-state index contributed by atoms with van der Waals surface area (Å²) in [6.07, 6.45) is 7.87. The van der Waals surface area contributed by atoms with Crippen molar-refractivity contribution in [3.63, 3.8) is 0 Å². The van der Waals surface area contributed by atoms with Crippen LogP contribution in [0.1, 0.15) is 6.42 Å². The molecule has 0 saturated heterocycles. The molecular formula is C12H18S.